The number of nitrogens with zero attached hydrogens (tertiary/aromatic N) is 1. The summed E-state index contributed by atoms with van der Waals surface area (Å²) in [5, 5.41) is 6.08. The number of carbonyl (C=O) groups excluding carboxylic acids is 2. The normalized spacial score (nSPS) is 29.9. The monoisotopic (exact) mass is 492 g/mol. The number of anilines is 1. The number of aromatic nitrogens is 1. The number of rotatable bonds is 7. The van der Waals surface area contributed by atoms with E-state index in [1.165, 1.54) is 11.6 Å². The lowest BCUT2D eigenvalue weighted by atomic mass is 9.49. The molecule has 5 aliphatic carbocycles. The van der Waals surface area contributed by atoms with E-state index in [2.05, 4.69) is 21.7 Å². The van der Waals surface area contributed by atoms with E-state index in [4.69, 9.17) is 5.73 Å². The Labute approximate surface area is 208 Å². The van der Waals surface area contributed by atoms with Gasteiger partial charge in [0.15, 0.2) is 11.6 Å². The molecule has 1 aromatic heterocycles. The molecule has 0 spiro atoms. The summed E-state index contributed by atoms with van der Waals surface area (Å²) in [6, 6.07) is 7.01. The number of allylic oxidation sites excluding steroid dienone is 1. The minimum absolute atomic E-state index is 0.0662. The van der Waals surface area contributed by atoms with Crippen LogP contribution in [0.15, 0.2) is 54.4 Å². The Morgan fingerprint density at radius 3 is 2.56 bits per heavy atom. The molecule has 5 atom stereocenters. The third-order valence-corrected chi connectivity index (χ3v) is 8.88. The lowest BCUT2D eigenvalue weighted by Crippen LogP contribution is -2.56. The smallest absolute Gasteiger partial charge is 0.230 e. The molecule has 1 aromatic carbocycles. The van der Waals surface area contributed by atoms with Gasteiger partial charge in [0.2, 0.25) is 11.8 Å². The first-order chi connectivity index (χ1) is 17.3. The quantitative estimate of drug-likeness (QED) is 0.512. The van der Waals surface area contributed by atoms with Gasteiger partial charge in [-0.2, -0.15) is 0 Å². The van der Waals surface area contributed by atoms with Crippen molar-refractivity contribution in [2.45, 2.75) is 50.0 Å². The van der Waals surface area contributed by atoms with Crippen LogP contribution in [0.5, 0.6) is 0 Å². The zero-order valence-corrected chi connectivity index (χ0v) is 20.0. The van der Waals surface area contributed by atoms with Crippen LogP contribution in [-0.4, -0.2) is 29.4 Å². The van der Waals surface area contributed by atoms with Crippen LogP contribution < -0.4 is 16.4 Å². The van der Waals surface area contributed by atoms with Gasteiger partial charge in [-0.3, -0.25) is 14.6 Å². The molecule has 4 N–H and O–H groups in total. The Bertz CT molecular complexity index is 1250. The Morgan fingerprint density at radius 2 is 1.86 bits per heavy atom. The standard InChI is InChI=1S/C28H30F2N4O2/c29-21-2-1-19(11-22(21)30)28(5-6-28)26(36)33-15-23(31)24-17-9-16-10-18(24)14-27(12-16,13-17)25(35)34-20-3-7-32-8-4-20/h1-4,7-9,11,16,18,23-24H,5-6,10,12-15,31H2,(H,33,36)(H,32,34,35). The van der Waals surface area contributed by atoms with E-state index in [1.807, 2.05) is 0 Å². The van der Waals surface area contributed by atoms with Crippen LogP contribution in [0, 0.1) is 34.8 Å². The highest BCUT2D eigenvalue weighted by Gasteiger charge is 2.56. The van der Waals surface area contributed by atoms with Crippen LogP contribution in [-0.2, 0) is 15.0 Å². The number of hydrogen-bond acceptors (Lipinski definition) is 4. The van der Waals surface area contributed by atoms with Crippen molar-refractivity contribution in [2.75, 3.05) is 11.9 Å². The summed E-state index contributed by atoms with van der Waals surface area (Å²) in [5.74, 6) is -1.16. The number of nitrogens with two attached hydrogens (primary N) is 1. The Kier molecular flexibility index (Phi) is 5.48. The average molecular weight is 493 g/mol. The van der Waals surface area contributed by atoms with E-state index in [0.29, 0.717) is 43.2 Å². The predicted molar refractivity (Wildman–Crippen MR) is 131 cm³/mol. The lowest BCUT2D eigenvalue weighted by Gasteiger charge is -2.56. The van der Waals surface area contributed by atoms with Crippen LogP contribution in [0.4, 0.5) is 14.5 Å². The fraction of sp³-hybridized carbons (Fsp3) is 0.464. The molecule has 7 rings (SSSR count). The molecule has 8 heteroatoms. The van der Waals surface area contributed by atoms with Crippen molar-refractivity contribution in [3.63, 3.8) is 0 Å². The van der Waals surface area contributed by atoms with E-state index >= 15 is 0 Å². The largest absolute Gasteiger partial charge is 0.354 e. The molecule has 36 heavy (non-hydrogen) atoms. The second-order valence-corrected chi connectivity index (χ2v) is 11.2. The van der Waals surface area contributed by atoms with Gasteiger partial charge >= 0.3 is 0 Å². The minimum Gasteiger partial charge on any atom is -0.354 e. The number of carbonyl (C=O) groups is 2. The molecule has 5 aliphatic rings. The zero-order valence-electron chi connectivity index (χ0n) is 20.0. The van der Waals surface area contributed by atoms with Crippen LogP contribution in [0.3, 0.4) is 0 Å². The van der Waals surface area contributed by atoms with E-state index in [-0.39, 0.29) is 23.8 Å². The first-order valence-corrected chi connectivity index (χ1v) is 12.7. The maximum absolute atomic E-state index is 13.8. The highest BCUT2D eigenvalue weighted by atomic mass is 19.2. The molecule has 0 saturated heterocycles. The number of hydrogen-bond donors (Lipinski definition) is 3. The lowest BCUT2D eigenvalue weighted by molar-refractivity contribution is -0.132. The first-order valence-electron chi connectivity index (χ1n) is 12.7. The molecular weight excluding hydrogens is 462 g/mol. The summed E-state index contributed by atoms with van der Waals surface area (Å²) in [6.45, 7) is 0.309. The van der Waals surface area contributed by atoms with Crippen LogP contribution in [0.2, 0.25) is 0 Å². The summed E-state index contributed by atoms with van der Waals surface area (Å²) in [4.78, 5) is 30.4. The molecular formula is C28H30F2N4O2. The van der Waals surface area contributed by atoms with Gasteiger partial charge < -0.3 is 16.4 Å². The summed E-state index contributed by atoms with van der Waals surface area (Å²) in [7, 11) is 0. The molecule has 4 bridgehead atoms. The Hall–Kier alpha value is -3.13. The fourth-order valence-electron chi connectivity index (χ4n) is 7.13. The molecule has 2 aromatic rings. The van der Waals surface area contributed by atoms with Gasteiger partial charge in [-0.25, -0.2) is 8.78 Å². The average Bonchev–Trinajstić information content (AvgIpc) is 3.66. The molecule has 0 aliphatic heterocycles. The van der Waals surface area contributed by atoms with Crippen molar-refractivity contribution in [1.29, 1.82) is 0 Å². The molecule has 3 fully saturated rings. The molecule has 0 radical (unpaired) electrons. The van der Waals surface area contributed by atoms with Gasteiger partial charge in [0, 0.05) is 30.7 Å². The second kappa shape index (κ2) is 8.47. The van der Waals surface area contributed by atoms with Gasteiger partial charge in [-0.15, -0.1) is 0 Å². The maximum Gasteiger partial charge on any atom is 0.230 e. The maximum atomic E-state index is 13.8. The van der Waals surface area contributed by atoms with Crippen molar-refractivity contribution in [2.24, 2.45) is 28.9 Å². The van der Waals surface area contributed by atoms with E-state index in [9.17, 15) is 18.4 Å². The molecule has 6 nitrogen and oxygen atoms in total. The first kappa shape index (κ1) is 23.3. The SMILES string of the molecule is NC(CNC(=O)C1(c2ccc(F)c(F)c2)CC1)C1C2=CC3CC1CC(C(=O)Nc1ccncc1)(C2)C3. The number of amides is 2. The van der Waals surface area contributed by atoms with Gasteiger partial charge in [0.05, 0.1) is 10.8 Å². The summed E-state index contributed by atoms with van der Waals surface area (Å²) >= 11 is 0. The highest BCUT2D eigenvalue weighted by molar-refractivity contribution is 5.96. The van der Waals surface area contributed by atoms with Gasteiger partial charge in [0.25, 0.3) is 0 Å². The van der Waals surface area contributed by atoms with Crippen LogP contribution in [0.25, 0.3) is 0 Å². The van der Waals surface area contributed by atoms with Crippen LogP contribution >= 0.6 is 0 Å². The van der Waals surface area contributed by atoms with Crippen molar-refractivity contribution >= 4 is 17.5 Å². The molecule has 5 unspecified atom stereocenters. The van der Waals surface area contributed by atoms with E-state index in [1.54, 1.807) is 24.5 Å². The highest BCUT2D eigenvalue weighted by Crippen LogP contribution is 2.60. The summed E-state index contributed by atoms with van der Waals surface area (Å²) in [6.07, 6.45) is 10.2. The van der Waals surface area contributed by atoms with Gasteiger partial charge in [-0.05, 0) is 86.1 Å². The number of nitrogens with one attached hydrogen (secondary N) is 2. The number of pyridine rings is 1. The van der Waals surface area contributed by atoms with Gasteiger partial charge in [0.1, 0.15) is 0 Å². The van der Waals surface area contributed by atoms with Crippen LogP contribution in [0.1, 0.15) is 44.1 Å². The van der Waals surface area contributed by atoms with Gasteiger partial charge in [-0.1, -0.05) is 17.7 Å². The van der Waals surface area contributed by atoms with Crippen molar-refractivity contribution in [1.82, 2.24) is 10.3 Å². The Morgan fingerprint density at radius 1 is 1.08 bits per heavy atom. The van der Waals surface area contributed by atoms with E-state index < -0.39 is 22.5 Å². The molecule has 2 amide bonds. The third-order valence-electron chi connectivity index (χ3n) is 8.88. The minimum atomic E-state index is -0.939. The molecule has 3 saturated carbocycles. The third kappa shape index (κ3) is 3.82. The predicted octanol–water partition coefficient (Wildman–Crippen LogP) is 3.84. The van der Waals surface area contributed by atoms with Crippen molar-refractivity contribution < 1.29 is 18.4 Å². The summed E-state index contributed by atoms with van der Waals surface area (Å²) < 4.78 is 27.1. The molecule has 1 heterocycles. The number of benzene rings is 1. The summed E-state index contributed by atoms with van der Waals surface area (Å²) in [5.41, 5.74) is 7.95. The zero-order chi connectivity index (χ0) is 25.1. The van der Waals surface area contributed by atoms with E-state index in [0.717, 1.165) is 37.1 Å². The topological polar surface area (TPSA) is 97.1 Å². The second-order valence-electron chi connectivity index (χ2n) is 11.2. The van der Waals surface area contributed by atoms with Crippen molar-refractivity contribution in [3.05, 3.63) is 71.6 Å². The molecule has 188 valence electrons. The Balaban J connectivity index is 1.12. The fourth-order valence-corrected chi connectivity index (χ4v) is 7.13. The number of halogens is 2. The van der Waals surface area contributed by atoms with Crippen molar-refractivity contribution in [3.8, 4) is 0 Å².